The number of nitrogens with two attached hydrogens (primary N) is 1. The van der Waals surface area contributed by atoms with Crippen molar-refractivity contribution >= 4 is 23.5 Å². The van der Waals surface area contributed by atoms with Crippen molar-refractivity contribution in [3.8, 4) is 5.75 Å². The zero-order valence-electron chi connectivity index (χ0n) is 9.85. The van der Waals surface area contributed by atoms with Crippen LogP contribution in [0.3, 0.4) is 0 Å². The first-order chi connectivity index (χ1) is 8.22. The quantitative estimate of drug-likeness (QED) is 0.351. The second-order valence-electron chi connectivity index (χ2n) is 3.51. The van der Waals surface area contributed by atoms with Crippen molar-refractivity contribution in [2.45, 2.75) is 19.8 Å². The SMILES string of the molecule is CCCCOc1cccc(C=NNC(N)=S)c1. The van der Waals surface area contributed by atoms with Crippen molar-refractivity contribution in [3.05, 3.63) is 29.8 Å². The lowest BCUT2D eigenvalue weighted by Gasteiger charge is -2.05. The summed E-state index contributed by atoms with van der Waals surface area (Å²) in [5, 5.41) is 4.03. The van der Waals surface area contributed by atoms with Crippen molar-refractivity contribution in [1.29, 1.82) is 0 Å². The van der Waals surface area contributed by atoms with Gasteiger partial charge in [0.2, 0.25) is 0 Å². The van der Waals surface area contributed by atoms with Crippen LogP contribution in [0.15, 0.2) is 29.4 Å². The summed E-state index contributed by atoms with van der Waals surface area (Å²) in [4.78, 5) is 0. The summed E-state index contributed by atoms with van der Waals surface area (Å²) in [6.07, 6.45) is 3.83. The van der Waals surface area contributed by atoms with E-state index in [0.717, 1.165) is 30.8 Å². The molecule has 0 atom stereocenters. The molecule has 0 aliphatic carbocycles. The van der Waals surface area contributed by atoms with Gasteiger partial charge in [-0.25, -0.2) is 0 Å². The van der Waals surface area contributed by atoms with Gasteiger partial charge in [0.1, 0.15) is 5.75 Å². The van der Waals surface area contributed by atoms with Crippen LogP contribution < -0.4 is 15.9 Å². The highest BCUT2D eigenvalue weighted by Gasteiger charge is 1.94. The molecule has 0 aliphatic rings. The van der Waals surface area contributed by atoms with Gasteiger partial charge in [0.25, 0.3) is 0 Å². The topological polar surface area (TPSA) is 59.6 Å². The van der Waals surface area contributed by atoms with Gasteiger partial charge in [-0.15, -0.1) is 0 Å². The molecule has 0 spiro atoms. The van der Waals surface area contributed by atoms with Gasteiger partial charge >= 0.3 is 0 Å². The fraction of sp³-hybridized carbons (Fsp3) is 0.333. The van der Waals surface area contributed by atoms with E-state index in [4.69, 9.17) is 10.5 Å². The Morgan fingerprint density at radius 2 is 2.41 bits per heavy atom. The number of nitrogens with zero attached hydrogens (tertiary/aromatic N) is 1. The summed E-state index contributed by atoms with van der Waals surface area (Å²) >= 11 is 4.64. The van der Waals surface area contributed by atoms with E-state index < -0.39 is 0 Å². The van der Waals surface area contributed by atoms with Crippen molar-refractivity contribution in [2.24, 2.45) is 10.8 Å². The molecule has 0 fully saturated rings. The molecule has 0 bridgehead atoms. The number of ether oxygens (including phenoxy) is 1. The predicted molar refractivity (Wildman–Crippen MR) is 74.4 cm³/mol. The van der Waals surface area contributed by atoms with Gasteiger partial charge in [-0.3, -0.25) is 5.43 Å². The first-order valence-electron chi connectivity index (χ1n) is 5.53. The van der Waals surface area contributed by atoms with Gasteiger partial charge in [0.15, 0.2) is 5.11 Å². The lowest BCUT2D eigenvalue weighted by Crippen LogP contribution is -2.23. The third-order valence-corrected chi connectivity index (χ3v) is 2.10. The van der Waals surface area contributed by atoms with Gasteiger partial charge in [0, 0.05) is 0 Å². The smallest absolute Gasteiger partial charge is 0.184 e. The summed E-state index contributed by atoms with van der Waals surface area (Å²) in [7, 11) is 0. The maximum atomic E-state index is 5.58. The minimum absolute atomic E-state index is 0.150. The number of rotatable bonds is 6. The van der Waals surface area contributed by atoms with Gasteiger partial charge in [-0.1, -0.05) is 25.5 Å². The summed E-state index contributed by atoms with van der Waals surface area (Å²) < 4.78 is 5.58. The Bertz CT molecular complexity index is 393. The van der Waals surface area contributed by atoms with Gasteiger partial charge in [-0.2, -0.15) is 5.10 Å². The third-order valence-electron chi connectivity index (χ3n) is 2.01. The number of thiocarbonyl (C=S) groups is 1. The Hall–Kier alpha value is -1.62. The van der Waals surface area contributed by atoms with Crippen LogP contribution in [0.25, 0.3) is 0 Å². The molecule has 0 radical (unpaired) electrons. The fourth-order valence-electron chi connectivity index (χ4n) is 1.19. The highest BCUT2D eigenvalue weighted by molar-refractivity contribution is 7.80. The van der Waals surface area contributed by atoms with Crippen molar-refractivity contribution in [1.82, 2.24) is 5.43 Å². The monoisotopic (exact) mass is 251 g/mol. The Kier molecular flexibility index (Phi) is 6.03. The number of hydrazone groups is 1. The molecule has 5 heteroatoms. The lowest BCUT2D eigenvalue weighted by molar-refractivity contribution is 0.309. The Balaban J connectivity index is 2.53. The normalized spacial score (nSPS) is 10.4. The molecule has 0 heterocycles. The molecule has 0 saturated heterocycles. The van der Waals surface area contributed by atoms with E-state index in [2.05, 4.69) is 29.7 Å². The summed E-state index contributed by atoms with van der Waals surface area (Å²) in [5.74, 6) is 0.845. The van der Waals surface area contributed by atoms with E-state index in [0.29, 0.717) is 0 Å². The summed E-state index contributed by atoms with van der Waals surface area (Å²) in [6, 6.07) is 7.69. The van der Waals surface area contributed by atoms with E-state index in [1.165, 1.54) is 0 Å². The van der Waals surface area contributed by atoms with Crippen molar-refractivity contribution in [2.75, 3.05) is 6.61 Å². The molecule has 3 N–H and O–H groups in total. The van der Waals surface area contributed by atoms with E-state index in [-0.39, 0.29) is 5.11 Å². The lowest BCUT2D eigenvalue weighted by atomic mass is 10.2. The number of benzene rings is 1. The maximum Gasteiger partial charge on any atom is 0.184 e. The number of hydrogen-bond acceptors (Lipinski definition) is 3. The van der Waals surface area contributed by atoms with Crippen LogP contribution >= 0.6 is 12.2 Å². The molecule has 92 valence electrons. The molecule has 0 amide bonds. The average molecular weight is 251 g/mol. The third kappa shape index (κ3) is 5.87. The van der Waals surface area contributed by atoms with Crippen LogP contribution in [0, 0.1) is 0 Å². The Morgan fingerprint density at radius 1 is 1.59 bits per heavy atom. The second kappa shape index (κ2) is 7.62. The Labute approximate surface area is 107 Å². The molecule has 0 aliphatic heterocycles. The molecular weight excluding hydrogens is 234 g/mol. The van der Waals surface area contributed by atoms with Crippen molar-refractivity contribution in [3.63, 3.8) is 0 Å². The summed E-state index contributed by atoms with van der Waals surface area (Å²) in [6.45, 7) is 2.87. The minimum Gasteiger partial charge on any atom is -0.494 e. The van der Waals surface area contributed by atoms with Crippen LogP contribution in [0.4, 0.5) is 0 Å². The van der Waals surface area contributed by atoms with Crippen LogP contribution in [0.1, 0.15) is 25.3 Å². The van der Waals surface area contributed by atoms with E-state index in [9.17, 15) is 0 Å². The maximum absolute atomic E-state index is 5.58. The van der Waals surface area contributed by atoms with E-state index >= 15 is 0 Å². The van der Waals surface area contributed by atoms with E-state index in [1.807, 2.05) is 24.3 Å². The number of hydrogen-bond donors (Lipinski definition) is 2. The molecule has 1 rings (SSSR count). The molecule has 1 aromatic rings. The zero-order valence-corrected chi connectivity index (χ0v) is 10.7. The van der Waals surface area contributed by atoms with Crippen LogP contribution in [0.5, 0.6) is 5.75 Å². The molecule has 17 heavy (non-hydrogen) atoms. The molecule has 0 unspecified atom stereocenters. The highest BCUT2D eigenvalue weighted by Crippen LogP contribution is 2.12. The van der Waals surface area contributed by atoms with Crippen molar-refractivity contribution < 1.29 is 4.74 Å². The van der Waals surface area contributed by atoms with Gasteiger partial charge in [0.05, 0.1) is 12.8 Å². The summed E-state index contributed by atoms with van der Waals surface area (Å²) in [5.41, 5.74) is 8.69. The Morgan fingerprint density at radius 3 is 3.12 bits per heavy atom. The van der Waals surface area contributed by atoms with Gasteiger partial charge < -0.3 is 10.5 Å². The largest absolute Gasteiger partial charge is 0.494 e. The molecule has 4 nitrogen and oxygen atoms in total. The average Bonchev–Trinajstić information content (AvgIpc) is 2.29. The van der Waals surface area contributed by atoms with Crippen LogP contribution in [0.2, 0.25) is 0 Å². The number of unbranched alkanes of at least 4 members (excludes halogenated alkanes) is 1. The second-order valence-corrected chi connectivity index (χ2v) is 3.95. The van der Waals surface area contributed by atoms with Gasteiger partial charge in [-0.05, 0) is 36.3 Å². The van der Waals surface area contributed by atoms with Crippen LogP contribution in [-0.2, 0) is 0 Å². The first kappa shape index (κ1) is 13.4. The standard InChI is InChI=1S/C12H17N3OS/c1-2-3-7-16-11-6-4-5-10(8-11)9-14-15-12(13)17/h4-6,8-9H,2-3,7H2,1H3,(H3,13,15,17). The molecule has 1 aromatic carbocycles. The molecule has 0 aromatic heterocycles. The van der Waals surface area contributed by atoms with Crippen LogP contribution in [-0.4, -0.2) is 17.9 Å². The predicted octanol–water partition coefficient (Wildman–Crippen LogP) is 2.03. The fourth-order valence-corrected chi connectivity index (χ4v) is 1.24. The molecule has 0 saturated carbocycles. The van der Waals surface area contributed by atoms with E-state index in [1.54, 1.807) is 6.21 Å². The first-order valence-corrected chi connectivity index (χ1v) is 5.94. The minimum atomic E-state index is 0.150. The molecular formula is C12H17N3OS. The highest BCUT2D eigenvalue weighted by atomic mass is 32.1. The zero-order chi connectivity index (χ0) is 12.5. The number of nitrogens with one attached hydrogen (secondary N) is 1.